The lowest BCUT2D eigenvalue weighted by Gasteiger charge is -2.22. The van der Waals surface area contributed by atoms with Crippen LogP contribution in [0.4, 0.5) is 11.4 Å². The van der Waals surface area contributed by atoms with E-state index in [1.807, 2.05) is 43.3 Å². The van der Waals surface area contributed by atoms with Gasteiger partial charge in [-0.1, -0.05) is 29.8 Å². The van der Waals surface area contributed by atoms with Gasteiger partial charge < -0.3 is 15.0 Å². The minimum atomic E-state index is -0.194. The topological polar surface area (TPSA) is 41.6 Å². The van der Waals surface area contributed by atoms with E-state index < -0.39 is 0 Å². The predicted octanol–water partition coefficient (Wildman–Crippen LogP) is 4.27. The fraction of sp³-hybridized carbons (Fsp3) is 0.316. The second-order valence-electron chi connectivity index (χ2n) is 5.96. The summed E-state index contributed by atoms with van der Waals surface area (Å²) in [7, 11) is 0. The molecule has 0 atom stereocenters. The smallest absolute Gasteiger partial charge is 0.262 e. The molecule has 0 aromatic heterocycles. The fourth-order valence-corrected chi connectivity index (χ4v) is 3.06. The summed E-state index contributed by atoms with van der Waals surface area (Å²) in [5.74, 6) is 0.527. The standard InChI is InChI=1S/C19H21ClN2O2/c1-14-6-2-3-7-18(14)24-13-19(23)21-16-12-15(20)8-9-17(16)22-10-4-5-11-22/h2-3,6-9,12H,4-5,10-11,13H2,1H3,(H,21,23). The average Bonchev–Trinajstić information content (AvgIpc) is 3.08. The first kappa shape index (κ1) is 16.7. The number of rotatable bonds is 5. The number of para-hydroxylation sites is 1. The Morgan fingerprint density at radius 3 is 2.71 bits per heavy atom. The van der Waals surface area contributed by atoms with Crippen LogP contribution >= 0.6 is 11.6 Å². The molecule has 1 fully saturated rings. The van der Waals surface area contributed by atoms with Gasteiger partial charge in [0.05, 0.1) is 11.4 Å². The molecule has 0 bridgehead atoms. The van der Waals surface area contributed by atoms with E-state index in [-0.39, 0.29) is 12.5 Å². The SMILES string of the molecule is Cc1ccccc1OCC(=O)Nc1cc(Cl)ccc1N1CCCC1. The molecule has 0 radical (unpaired) electrons. The second kappa shape index (κ2) is 7.58. The van der Waals surface area contributed by atoms with Crippen molar-refractivity contribution in [3.05, 3.63) is 53.1 Å². The summed E-state index contributed by atoms with van der Waals surface area (Å²) in [6, 6.07) is 13.3. The lowest BCUT2D eigenvalue weighted by atomic mass is 10.2. The Morgan fingerprint density at radius 1 is 1.21 bits per heavy atom. The van der Waals surface area contributed by atoms with Gasteiger partial charge in [-0.3, -0.25) is 4.79 Å². The van der Waals surface area contributed by atoms with Crippen LogP contribution in [0.5, 0.6) is 5.75 Å². The number of anilines is 2. The molecule has 0 unspecified atom stereocenters. The van der Waals surface area contributed by atoms with Gasteiger partial charge in [-0.05, 0) is 49.6 Å². The van der Waals surface area contributed by atoms with Crippen molar-refractivity contribution in [2.75, 3.05) is 29.9 Å². The van der Waals surface area contributed by atoms with Crippen molar-refractivity contribution >= 4 is 28.9 Å². The normalized spacial score (nSPS) is 13.8. The zero-order chi connectivity index (χ0) is 16.9. The van der Waals surface area contributed by atoms with Crippen LogP contribution in [0, 0.1) is 6.92 Å². The van der Waals surface area contributed by atoms with Gasteiger partial charge in [-0.2, -0.15) is 0 Å². The number of hydrogen-bond donors (Lipinski definition) is 1. The quantitative estimate of drug-likeness (QED) is 0.880. The number of carbonyl (C=O) groups is 1. The van der Waals surface area contributed by atoms with E-state index >= 15 is 0 Å². The molecule has 2 aromatic rings. The highest BCUT2D eigenvalue weighted by atomic mass is 35.5. The molecule has 2 aromatic carbocycles. The van der Waals surface area contributed by atoms with Crippen molar-refractivity contribution in [1.82, 2.24) is 0 Å². The van der Waals surface area contributed by atoms with Crippen LogP contribution in [0.3, 0.4) is 0 Å². The lowest BCUT2D eigenvalue weighted by Crippen LogP contribution is -2.24. The van der Waals surface area contributed by atoms with Crippen molar-refractivity contribution in [2.45, 2.75) is 19.8 Å². The Hall–Kier alpha value is -2.20. The minimum absolute atomic E-state index is 0.0309. The molecule has 4 nitrogen and oxygen atoms in total. The summed E-state index contributed by atoms with van der Waals surface area (Å²) in [6.07, 6.45) is 2.35. The zero-order valence-corrected chi connectivity index (χ0v) is 14.5. The van der Waals surface area contributed by atoms with Crippen LogP contribution in [0.15, 0.2) is 42.5 Å². The number of carbonyl (C=O) groups excluding carboxylic acids is 1. The van der Waals surface area contributed by atoms with Crippen LogP contribution in [-0.2, 0) is 4.79 Å². The molecule has 1 aliphatic rings. The number of aryl methyl sites for hydroxylation is 1. The summed E-state index contributed by atoms with van der Waals surface area (Å²) in [5.41, 5.74) is 2.76. The Morgan fingerprint density at radius 2 is 1.96 bits per heavy atom. The van der Waals surface area contributed by atoms with E-state index in [1.165, 1.54) is 12.8 Å². The molecule has 1 heterocycles. The molecule has 3 rings (SSSR count). The van der Waals surface area contributed by atoms with Crippen LogP contribution in [0.1, 0.15) is 18.4 Å². The van der Waals surface area contributed by atoms with E-state index in [2.05, 4.69) is 10.2 Å². The number of ether oxygens (including phenoxy) is 1. The maximum absolute atomic E-state index is 12.3. The summed E-state index contributed by atoms with van der Waals surface area (Å²) < 4.78 is 5.61. The van der Waals surface area contributed by atoms with Crippen molar-refractivity contribution < 1.29 is 9.53 Å². The summed E-state index contributed by atoms with van der Waals surface area (Å²) in [4.78, 5) is 14.5. The lowest BCUT2D eigenvalue weighted by molar-refractivity contribution is -0.118. The molecule has 1 aliphatic heterocycles. The van der Waals surface area contributed by atoms with Crippen molar-refractivity contribution in [1.29, 1.82) is 0 Å². The van der Waals surface area contributed by atoms with Crippen molar-refractivity contribution in [3.8, 4) is 5.75 Å². The molecule has 0 saturated carbocycles. The van der Waals surface area contributed by atoms with Gasteiger partial charge in [0, 0.05) is 18.1 Å². The Kier molecular flexibility index (Phi) is 5.26. The maximum Gasteiger partial charge on any atom is 0.262 e. The van der Waals surface area contributed by atoms with Crippen molar-refractivity contribution in [2.24, 2.45) is 0 Å². The van der Waals surface area contributed by atoms with Crippen LogP contribution in [-0.4, -0.2) is 25.6 Å². The largest absolute Gasteiger partial charge is 0.483 e. The molecule has 24 heavy (non-hydrogen) atoms. The Balaban J connectivity index is 1.67. The monoisotopic (exact) mass is 344 g/mol. The number of benzene rings is 2. The maximum atomic E-state index is 12.3. The number of hydrogen-bond acceptors (Lipinski definition) is 3. The van der Waals surface area contributed by atoms with E-state index in [0.717, 1.165) is 35.8 Å². The van der Waals surface area contributed by atoms with Gasteiger partial charge >= 0.3 is 0 Å². The van der Waals surface area contributed by atoms with Gasteiger partial charge in [0.25, 0.3) is 5.91 Å². The van der Waals surface area contributed by atoms with E-state index in [4.69, 9.17) is 16.3 Å². The van der Waals surface area contributed by atoms with Crippen LogP contribution in [0.25, 0.3) is 0 Å². The Labute approximate surface area is 147 Å². The molecular formula is C19H21ClN2O2. The third-order valence-electron chi connectivity index (χ3n) is 4.13. The summed E-state index contributed by atoms with van der Waals surface area (Å²) in [5, 5.41) is 3.53. The van der Waals surface area contributed by atoms with Gasteiger partial charge in [0.2, 0.25) is 0 Å². The van der Waals surface area contributed by atoms with Gasteiger partial charge in [-0.15, -0.1) is 0 Å². The predicted molar refractivity (Wildman–Crippen MR) is 98.2 cm³/mol. The van der Waals surface area contributed by atoms with Gasteiger partial charge in [0.1, 0.15) is 5.75 Å². The first-order chi connectivity index (χ1) is 11.6. The highest BCUT2D eigenvalue weighted by molar-refractivity contribution is 6.31. The van der Waals surface area contributed by atoms with E-state index in [0.29, 0.717) is 5.02 Å². The third kappa shape index (κ3) is 4.01. The van der Waals surface area contributed by atoms with E-state index in [1.54, 1.807) is 6.07 Å². The van der Waals surface area contributed by atoms with E-state index in [9.17, 15) is 4.79 Å². The van der Waals surface area contributed by atoms with Crippen LogP contribution < -0.4 is 15.0 Å². The summed E-state index contributed by atoms with van der Waals surface area (Å²) in [6.45, 7) is 3.93. The van der Waals surface area contributed by atoms with Gasteiger partial charge in [-0.25, -0.2) is 0 Å². The molecular weight excluding hydrogens is 324 g/mol. The highest BCUT2D eigenvalue weighted by Gasteiger charge is 2.17. The molecule has 0 spiro atoms. The minimum Gasteiger partial charge on any atom is -0.483 e. The van der Waals surface area contributed by atoms with Crippen molar-refractivity contribution in [3.63, 3.8) is 0 Å². The molecule has 126 valence electrons. The average molecular weight is 345 g/mol. The fourth-order valence-electron chi connectivity index (χ4n) is 2.89. The Bertz CT molecular complexity index is 727. The molecule has 5 heteroatoms. The zero-order valence-electron chi connectivity index (χ0n) is 13.7. The summed E-state index contributed by atoms with van der Waals surface area (Å²) >= 11 is 6.10. The molecule has 1 amide bonds. The first-order valence-corrected chi connectivity index (χ1v) is 8.54. The van der Waals surface area contributed by atoms with Gasteiger partial charge in [0.15, 0.2) is 6.61 Å². The third-order valence-corrected chi connectivity index (χ3v) is 4.37. The number of amides is 1. The number of nitrogens with zero attached hydrogens (tertiary/aromatic N) is 1. The molecule has 1 saturated heterocycles. The molecule has 0 aliphatic carbocycles. The highest BCUT2D eigenvalue weighted by Crippen LogP contribution is 2.31. The number of halogens is 1. The van der Waals surface area contributed by atoms with Crippen LogP contribution in [0.2, 0.25) is 5.02 Å². The second-order valence-corrected chi connectivity index (χ2v) is 6.39. The first-order valence-electron chi connectivity index (χ1n) is 8.16. The number of nitrogens with one attached hydrogen (secondary N) is 1. The molecule has 1 N–H and O–H groups in total.